The highest BCUT2D eigenvalue weighted by atomic mass is 16.2. The molecule has 0 saturated heterocycles. The third-order valence-electron chi connectivity index (χ3n) is 3.07. The van der Waals surface area contributed by atoms with Gasteiger partial charge >= 0.3 is 0 Å². The lowest BCUT2D eigenvalue weighted by Crippen LogP contribution is -2.37. The highest BCUT2D eigenvalue weighted by molar-refractivity contribution is 5.94. The third-order valence-corrected chi connectivity index (χ3v) is 3.07. The second-order valence-corrected chi connectivity index (χ2v) is 4.69. The summed E-state index contributed by atoms with van der Waals surface area (Å²) in [4.78, 5) is 12.0. The summed E-state index contributed by atoms with van der Waals surface area (Å²) in [5, 5.41) is 2.82. The van der Waals surface area contributed by atoms with Gasteiger partial charge in [0.05, 0.1) is 6.04 Å². The lowest BCUT2D eigenvalue weighted by molar-refractivity contribution is -0.117. The summed E-state index contributed by atoms with van der Waals surface area (Å²) >= 11 is 0. The molecule has 4 heteroatoms. The minimum Gasteiger partial charge on any atom is -0.326 e. The second-order valence-electron chi connectivity index (χ2n) is 4.69. The van der Waals surface area contributed by atoms with E-state index in [9.17, 15) is 4.79 Å². The topological polar surface area (TPSA) is 81.1 Å². The van der Waals surface area contributed by atoms with Crippen LogP contribution >= 0.6 is 0 Å². The van der Waals surface area contributed by atoms with Crippen LogP contribution in [0, 0.1) is 0 Å². The summed E-state index contributed by atoms with van der Waals surface area (Å²) in [6.07, 6.45) is 0.517. The summed E-state index contributed by atoms with van der Waals surface area (Å²) in [5.74, 6) is -0.192. The molecular formula is C16H19N3O. The number of rotatable bonds is 5. The second kappa shape index (κ2) is 6.84. The number of nitrogens with two attached hydrogens (primary N) is 2. The van der Waals surface area contributed by atoms with Gasteiger partial charge in [0.15, 0.2) is 0 Å². The standard InChI is InChI=1S/C16H19N3O/c17-11-13-7-4-8-14(9-13)19-16(20)15(18)10-12-5-2-1-3-6-12/h1-9,15H,10-11,17-18H2,(H,19,20). The van der Waals surface area contributed by atoms with E-state index in [2.05, 4.69) is 5.32 Å². The van der Waals surface area contributed by atoms with Crippen LogP contribution in [0.5, 0.6) is 0 Å². The van der Waals surface area contributed by atoms with Crippen molar-refractivity contribution in [1.82, 2.24) is 0 Å². The van der Waals surface area contributed by atoms with E-state index < -0.39 is 6.04 Å². The van der Waals surface area contributed by atoms with E-state index in [-0.39, 0.29) is 5.91 Å². The first-order valence-electron chi connectivity index (χ1n) is 6.58. The molecule has 2 aromatic rings. The van der Waals surface area contributed by atoms with Crippen molar-refractivity contribution in [3.05, 3.63) is 65.7 Å². The van der Waals surface area contributed by atoms with Gasteiger partial charge in [-0.1, -0.05) is 42.5 Å². The number of carbonyl (C=O) groups excluding carboxylic acids is 1. The van der Waals surface area contributed by atoms with Gasteiger partial charge in [0, 0.05) is 12.2 Å². The number of anilines is 1. The molecule has 0 aliphatic heterocycles. The Hall–Kier alpha value is -2.17. The maximum atomic E-state index is 12.0. The molecule has 1 atom stereocenters. The predicted molar refractivity (Wildman–Crippen MR) is 81.1 cm³/mol. The van der Waals surface area contributed by atoms with Gasteiger partial charge < -0.3 is 16.8 Å². The lowest BCUT2D eigenvalue weighted by Gasteiger charge is -2.13. The van der Waals surface area contributed by atoms with Crippen LogP contribution in [-0.4, -0.2) is 11.9 Å². The van der Waals surface area contributed by atoms with E-state index in [1.807, 2.05) is 54.6 Å². The molecule has 0 aromatic heterocycles. The molecule has 0 saturated carbocycles. The lowest BCUT2D eigenvalue weighted by atomic mass is 10.1. The van der Waals surface area contributed by atoms with E-state index in [0.717, 1.165) is 16.8 Å². The van der Waals surface area contributed by atoms with E-state index in [4.69, 9.17) is 11.5 Å². The Bertz CT molecular complexity index is 569. The number of nitrogens with one attached hydrogen (secondary N) is 1. The number of hydrogen-bond donors (Lipinski definition) is 3. The quantitative estimate of drug-likeness (QED) is 0.772. The van der Waals surface area contributed by atoms with Crippen LogP contribution in [0.1, 0.15) is 11.1 Å². The molecule has 1 unspecified atom stereocenters. The largest absolute Gasteiger partial charge is 0.326 e. The predicted octanol–water partition coefficient (Wildman–Crippen LogP) is 1.65. The number of benzene rings is 2. The first-order chi connectivity index (χ1) is 9.69. The molecular weight excluding hydrogens is 250 g/mol. The average molecular weight is 269 g/mol. The Morgan fingerprint density at radius 2 is 1.75 bits per heavy atom. The van der Waals surface area contributed by atoms with E-state index in [1.54, 1.807) is 0 Å². The van der Waals surface area contributed by atoms with Crippen molar-refractivity contribution in [2.75, 3.05) is 5.32 Å². The molecule has 0 bridgehead atoms. The molecule has 0 heterocycles. The normalized spacial score (nSPS) is 11.9. The fourth-order valence-corrected chi connectivity index (χ4v) is 1.97. The highest BCUT2D eigenvalue weighted by Crippen LogP contribution is 2.11. The van der Waals surface area contributed by atoms with E-state index in [1.165, 1.54) is 0 Å². The Morgan fingerprint density at radius 1 is 1.05 bits per heavy atom. The van der Waals surface area contributed by atoms with Crippen molar-refractivity contribution in [2.45, 2.75) is 19.0 Å². The third kappa shape index (κ3) is 3.91. The van der Waals surface area contributed by atoms with Gasteiger partial charge in [-0.15, -0.1) is 0 Å². The summed E-state index contributed by atoms with van der Waals surface area (Å²) in [6, 6.07) is 16.6. The number of carbonyl (C=O) groups is 1. The van der Waals surface area contributed by atoms with Crippen LogP contribution < -0.4 is 16.8 Å². The van der Waals surface area contributed by atoms with E-state index >= 15 is 0 Å². The maximum Gasteiger partial charge on any atom is 0.241 e. The molecule has 0 fully saturated rings. The zero-order valence-corrected chi connectivity index (χ0v) is 11.3. The molecule has 0 spiro atoms. The van der Waals surface area contributed by atoms with Crippen molar-refractivity contribution >= 4 is 11.6 Å². The summed E-state index contributed by atoms with van der Waals surface area (Å²) in [6.45, 7) is 0.444. The molecule has 2 aromatic carbocycles. The molecule has 4 nitrogen and oxygen atoms in total. The van der Waals surface area contributed by atoms with Gasteiger partial charge in [-0.25, -0.2) is 0 Å². The Labute approximate surface area is 118 Å². The zero-order valence-electron chi connectivity index (χ0n) is 11.3. The maximum absolute atomic E-state index is 12.0. The fraction of sp³-hybridized carbons (Fsp3) is 0.188. The zero-order chi connectivity index (χ0) is 14.4. The number of hydrogen-bond acceptors (Lipinski definition) is 3. The van der Waals surface area contributed by atoms with Crippen LogP contribution in [0.2, 0.25) is 0 Å². The van der Waals surface area contributed by atoms with Crippen molar-refractivity contribution in [1.29, 1.82) is 0 Å². The molecule has 2 rings (SSSR count). The minimum absolute atomic E-state index is 0.192. The van der Waals surface area contributed by atoms with Gasteiger partial charge in [-0.3, -0.25) is 4.79 Å². The van der Waals surface area contributed by atoms with Crippen molar-refractivity contribution in [3.8, 4) is 0 Å². The van der Waals surface area contributed by atoms with Crippen LogP contribution in [-0.2, 0) is 17.8 Å². The molecule has 0 radical (unpaired) electrons. The van der Waals surface area contributed by atoms with Gasteiger partial charge in [0.1, 0.15) is 0 Å². The highest BCUT2D eigenvalue weighted by Gasteiger charge is 2.14. The SMILES string of the molecule is NCc1cccc(NC(=O)C(N)Cc2ccccc2)c1. The summed E-state index contributed by atoms with van der Waals surface area (Å²) in [5.41, 5.74) is 14.2. The molecule has 1 amide bonds. The minimum atomic E-state index is -0.570. The summed E-state index contributed by atoms with van der Waals surface area (Å²) in [7, 11) is 0. The van der Waals surface area contributed by atoms with Crippen molar-refractivity contribution in [2.24, 2.45) is 11.5 Å². The monoisotopic (exact) mass is 269 g/mol. The Balaban J connectivity index is 1.97. The van der Waals surface area contributed by atoms with Gasteiger partial charge in [0.25, 0.3) is 0 Å². The van der Waals surface area contributed by atoms with Crippen molar-refractivity contribution in [3.63, 3.8) is 0 Å². The van der Waals surface area contributed by atoms with Gasteiger partial charge in [0.2, 0.25) is 5.91 Å². The first-order valence-corrected chi connectivity index (χ1v) is 6.58. The fourth-order valence-electron chi connectivity index (χ4n) is 1.97. The molecule has 0 aliphatic rings. The van der Waals surface area contributed by atoms with E-state index in [0.29, 0.717) is 13.0 Å². The Morgan fingerprint density at radius 3 is 2.45 bits per heavy atom. The Kier molecular flexibility index (Phi) is 4.87. The number of amides is 1. The average Bonchev–Trinajstić information content (AvgIpc) is 2.48. The first kappa shape index (κ1) is 14.2. The molecule has 5 N–H and O–H groups in total. The van der Waals surface area contributed by atoms with Crippen LogP contribution in [0.15, 0.2) is 54.6 Å². The summed E-state index contributed by atoms with van der Waals surface area (Å²) < 4.78 is 0. The van der Waals surface area contributed by atoms with Crippen LogP contribution in [0.3, 0.4) is 0 Å². The molecule has 104 valence electrons. The van der Waals surface area contributed by atoms with Crippen LogP contribution in [0.25, 0.3) is 0 Å². The van der Waals surface area contributed by atoms with Crippen LogP contribution in [0.4, 0.5) is 5.69 Å². The van der Waals surface area contributed by atoms with Gasteiger partial charge in [-0.2, -0.15) is 0 Å². The van der Waals surface area contributed by atoms with Crippen molar-refractivity contribution < 1.29 is 4.79 Å². The molecule has 20 heavy (non-hydrogen) atoms. The molecule has 0 aliphatic carbocycles. The van der Waals surface area contributed by atoms with Gasteiger partial charge in [-0.05, 0) is 29.7 Å². The smallest absolute Gasteiger partial charge is 0.241 e.